The van der Waals surface area contributed by atoms with Crippen molar-refractivity contribution in [1.82, 2.24) is 0 Å². The minimum Gasteiger partial charge on any atom is -0.206 e. The third-order valence-corrected chi connectivity index (χ3v) is 5.98. The molecule has 3 aromatic carbocycles. The molecule has 0 spiro atoms. The molecule has 0 aromatic heterocycles. The fourth-order valence-electron chi connectivity index (χ4n) is 4.17. The second-order valence-corrected chi connectivity index (χ2v) is 7.83. The van der Waals surface area contributed by atoms with Crippen LogP contribution in [0.5, 0.6) is 0 Å². The maximum Gasteiger partial charge on any atom is 0.166 e. The van der Waals surface area contributed by atoms with Gasteiger partial charge in [0.25, 0.3) is 0 Å². The van der Waals surface area contributed by atoms with Gasteiger partial charge in [-0.3, -0.25) is 0 Å². The van der Waals surface area contributed by atoms with Crippen LogP contribution >= 0.6 is 0 Å². The smallest absolute Gasteiger partial charge is 0.166 e. The molecule has 0 heterocycles. The molecule has 0 bridgehead atoms. The molecule has 0 amide bonds. The van der Waals surface area contributed by atoms with Gasteiger partial charge in [0.2, 0.25) is 0 Å². The van der Waals surface area contributed by atoms with Crippen molar-refractivity contribution >= 4 is 10.8 Å². The minimum atomic E-state index is -0.815. The maximum atomic E-state index is 14.1. The molecule has 0 nitrogen and oxygen atoms in total. The van der Waals surface area contributed by atoms with E-state index in [2.05, 4.69) is 11.8 Å². The molecule has 148 valence electrons. The van der Waals surface area contributed by atoms with Gasteiger partial charge < -0.3 is 0 Å². The largest absolute Gasteiger partial charge is 0.206 e. The summed E-state index contributed by atoms with van der Waals surface area (Å²) in [5.41, 5.74) is 2.61. The zero-order valence-electron chi connectivity index (χ0n) is 16.4. The van der Waals surface area contributed by atoms with Gasteiger partial charge in [-0.1, -0.05) is 49.1 Å². The van der Waals surface area contributed by atoms with Crippen LogP contribution in [-0.4, -0.2) is 0 Å². The number of hydrogen-bond acceptors (Lipinski definition) is 0. The highest BCUT2D eigenvalue weighted by Gasteiger charge is 2.22. The fraction of sp³-hybridized carbons (Fsp3) is 0.308. The van der Waals surface area contributed by atoms with Crippen LogP contribution in [0.2, 0.25) is 0 Å². The zero-order valence-corrected chi connectivity index (χ0v) is 16.4. The first-order valence-corrected chi connectivity index (χ1v) is 10.2. The van der Waals surface area contributed by atoms with Gasteiger partial charge in [-0.05, 0) is 72.7 Å². The van der Waals surface area contributed by atoms with E-state index in [1.807, 2.05) is 25.1 Å². The van der Waals surface area contributed by atoms with Gasteiger partial charge in [0.1, 0.15) is 5.82 Å². The van der Waals surface area contributed by atoms with Crippen molar-refractivity contribution in [3.05, 3.63) is 82.7 Å². The van der Waals surface area contributed by atoms with Crippen molar-refractivity contribution in [3.63, 3.8) is 0 Å². The van der Waals surface area contributed by atoms with E-state index < -0.39 is 11.6 Å². The Bertz CT molecular complexity index is 1100. The lowest BCUT2D eigenvalue weighted by atomic mass is 9.78. The summed E-state index contributed by atoms with van der Waals surface area (Å²) in [6.07, 6.45) is 4.72. The normalized spacial score (nSPS) is 19.0. The standard InChI is InChI=1S/C26H23F3/c1-2-17-3-9-20(25(28)15-17)10-6-18-4-7-19(8-5-18)21-11-13-23-22(16-21)12-14-24(27)26(23)29/h3,9,11-16,18-19H,2,4-5,7-8H2,1H3. The Balaban J connectivity index is 1.44. The number of aryl methyl sites for hydroxylation is 1. The average Bonchev–Trinajstić information content (AvgIpc) is 2.75. The summed E-state index contributed by atoms with van der Waals surface area (Å²) >= 11 is 0. The van der Waals surface area contributed by atoms with Crippen molar-refractivity contribution in [1.29, 1.82) is 0 Å². The average molecular weight is 392 g/mol. The second-order valence-electron chi connectivity index (χ2n) is 7.83. The molecular formula is C26H23F3. The summed E-state index contributed by atoms with van der Waals surface area (Å²) in [4.78, 5) is 0. The van der Waals surface area contributed by atoms with Crippen molar-refractivity contribution in [2.75, 3.05) is 0 Å². The summed E-state index contributed by atoms with van der Waals surface area (Å²) in [6.45, 7) is 2.00. The Hall–Kier alpha value is -2.73. The summed E-state index contributed by atoms with van der Waals surface area (Å²) < 4.78 is 41.4. The molecule has 0 saturated heterocycles. The van der Waals surface area contributed by atoms with Gasteiger partial charge in [0, 0.05) is 11.3 Å². The Morgan fingerprint density at radius 1 is 0.862 bits per heavy atom. The van der Waals surface area contributed by atoms with Crippen LogP contribution in [0.15, 0.2) is 48.5 Å². The molecule has 3 aromatic rings. The molecule has 0 atom stereocenters. The molecule has 3 heteroatoms. The predicted octanol–water partition coefficient (Wildman–Crippen LogP) is 7.15. The van der Waals surface area contributed by atoms with Crippen molar-refractivity contribution < 1.29 is 13.2 Å². The van der Waals surface area contributed by atoms with Gasteiger partial charge in [0.15, 0.2) is 11.6 Å². The summed E-state index contributed by atoms with van der Waals surface area (Å²) in [6, 6.07) is 13.6. The first-order valence-electron chi connectivity index (χ1n) is 10.2. The van der Waals surface area contributed by atoms with E-state index in [0.717, 1.165) is 48.6 Å². The van der Waals surface area contributed by atoms with Crippen LogP contribution in [0.1, 0.15) is 55.2 Å². The van der Waals surface area contributed by atoms with Crippen LogP contribution < -0.4 is 0 Å². The van der Waals surface area contributed by atoms with Crippen LogP contribution in [0.25, 0.3) is 10.8 Å². The lowest BCUT2D eigenvalue weighted by Gasteiger charge is -2.26. The summed E-state index contributed by atoms with van der Waals surface area (Å²) in [5.74, 6) is 5.09. The van der Waals surface area contributed by atoms with Crippen LogP contribution in [-0.2, 0) is 6.42 Å². The Morgan fingerprint density at radius 3 is 2.38 bits per heavy atom. The molecule has 1 aliphatic rings. The quantitative estimate of drug-likeness (QED) is 0.406. The first-order chi connectivity index (χ1) is 14.0. The summed E-state index contributed by atoms with van der Waals surface area (Å²) in [5, 5.41) is 1.05. The van der Waals surface area contributed by atoms with E-state index in [0.29, 0.717) is 16.9 Å². The third-order valence-electron chi connectivity index (χ3n) is 5.98. The Kier molecular flexibility index (Phi) is 5.62. The monoisotopic (exact) mass is 392 g/mol. The molecule has 0 aliphatic heterocycles. The number of halogens is 3. The van der Waals surface area contributed by atoms with E-state index in [9.17, 15) is 13.2 Å². The predicted molar refractivity (Wildman–Crippen MR) is 111 cm³/mol. The van der Waals surface area contributed by atoms with Crippen molar-refractivity contribution in [2.24, 2.45) is 5.92 Å². The minimum absolute atomic E-state index is 0.245. The number of hydrogen-bond donors (Lipinski definition) is 0. The van der Waals surface area contributed by atoms with Crippen molar-refractivity contribution in [2.45, 2.75) is 44.9 Å². The van der Waals surface area contributed by atoms with Gasteiger partial charge in [-0.25, -0.2) is 13.2 Å². The highest BCUT2D eigenvalue weighted by molar-refractivity contribution is 5.84. The van der Waals surface area contributed by atoms with Crippen LogP contribution in [0.4, 0.5) is 13.2 Å². The molecule has 0 radical (unpaired) electrons. The third kappa shape index (κ3) is 4.17. The van der Waals surface area contributed by atoms with Gasteiger partial charge >= 0.3 is 0 Å². The van der Waals surface area contributed by atoms with Gasteiger partial charge in [0.05, 0.1) is 5.56 Å². The second kappa shape index (κ2) is 8.33. The van der Waals surface area contributed by atoms with Crippen LogP contribution in [0, 0.1) is 35.2 Å². The lowest BCUT2D eigenvalue weighted by molar-refractivity contribution is 0.385. The molecule has 29 heavy (non-hydrogen) atoms. The van der Waals surface area contributed by atoms with Gasteiger partial charge in [-0.15, -0.1) is 0 Å². The van der Waals surface area contributed by atoms with E-state index in [1.165, 1.54) is 6.07 Å². The highest BCUT2D eigenvalue weighted by Crippen LogP contribution is 2.37. The van der Waals surface area contributed by atoms with E-state index in [-0.39, 0.29) is 11.7 Å². The number of fused-ring (bicyclic) bond motifs is 1. The molecule has 1 saturated carbocycles. The first kappa shape index (κ1) is 19.6. The van der Waals surface area contributed by atoms with Crippen molar-refractivity contribution in [3.8, 4) is 11.8 Å². The maximum absolute atomic E-state index is 14.1. The highest BCUT2D eigenvalue weighted by atomic mass is 19.2. The molecule has 0 N–H and O–H groups in total. The summed E-state index contributed by atoms with van der Waals surface area (Å²) in [7, 11) is 0. The van der Waals surface area contributed by atoms with E-state index in [4.69, 9.17) is 0 Å². The SMILES string of the molecule is CCc1ccc(C#CC2CCC(c3ccc4c(F)c(F)ccc4c3)CC2)c(F)c1. The van der Waals surface area contributed by atoms with E-state index in [1.54, 1.807) is 24.3 Å². The fourth-order valence-corrected chi connectivity index (χ4v) is 4.17. The van der Waals surface area contributed by atoms with Crippen LogP contribution in [0.3, 0.4) is 0 Å². The zero-order chi connectivity index (χ0) is 20.4. The Labute approximate surface area is 169 Å². The Morgan fingerprint density at radius 2 is 1.66 bits per heavy atom. The molecule has 0 unspecified atom stereocenters. The van der Waals surface area contributed by atoms with E-state index >= 15 is 0 Å². The van der Waals surface area contributed by atoms with Gasteiger partial charge in [-0.2, -0.15) is 0 Å². The lowest BCUT2D eigenvalue weighted by Crippen LogP contribution is -2.12. The number of benzene rings is 3. The molecule has 1 aliphatic carbocycles. The number of rotatable bonds is 2. The topological polar surface area (TPSA) is 0 Å². The molecular weight excluding hydrogens is 369 g/mol. The molecule has 4 rings (SSSR count). The molecule has 1 fully saturated rings.